The molecule has 2 N–H and O–H groups in total. The minimum atomic E-state index is -2.93. The Bertz CT molecular complexity index is 950. The van der Waals surface area contributed by atoms with E-state index in [2.05, 4.69) is 0 Å². The van der Waals surface area contributed by atoms with Crippen LogP contribution in [-0.2, 0) is 6.42 Å². The van der Waals surface area contributed by atoms with E-state index in [-0.39, 0.29) is 47.9 Å². The first kappa shape index (κ1) is 23.6. The van der Waals surface area contributed by atoms with Crippen molar-refractivity contribution in [2.75, 3.05) is 41.0 Å². The van der Waals surface area contributed by atoms with Crippen LogP contribution in [0.3, 0.4) is 0 Å². The van der Waals surface area contributed by atoms with Crippen molar-refractivity contribution >= 4 is 5.91 Å². The minimum absolute atomic E-state index is 0.0533. The summed E-state index contributed by atoms with van der Waals surface area (Å²) in [5.74, 6) is -2.38. The lowest BCUT2D eigenvalue weighted by atomic mass is 10.0. The summed E-state index contributed by atoms with van der Waals surface area (Å²) in [5.41, 5.74) is 6.70. The highest BCUT2D eigenvalue weighted by Crippen LogP contribution is 2.48. The Morgan fingerprint density at radius 1 is 1.06 bits per heavy atom. The molecule has 0 radical (unpaired) electrons. The van der Waals surface area contributed by atoms with E-state index in [0.29, 0.717) is 12.3 Å². The first-order valence-electron chi connectivity index (χ1n) is 10.3. The Morgan fingerprint density at radius 3 is 2.28 bits per heavy atom. The Kier molecular flexibility index (Phi) is 7.40. The Balaban J connectivity index is 2.02. The van der Waals surface area contributed by atoms with Gasteiger partial charge in [0.15, 0.2) is 11.5 Å². The molecule has 1 aliphatic heterocycles. The van der Waals surface area contributed by atoms with Crippen molar-refractivity contribution in [3.8, 4) is 28.7 Å². The third kappa shape index (κ3) is 5.04. The summed E-state index contributed by atoms with van der Waals surface area (Å²) in [5, 5.41) is 0. The quantitative estimate of drug-likeness (QED) is 0.657. The van der Waals surface area contributed by atoms with Crippen LogP contribution in [0, 0.1) is 0 Å². The van der Waals surface area contributed by atoms with E-state index >= 15 is 0 Å². The molecule has 0 aliphatic carbocycles. The number of amides is 1. The zero-order chi connectivity index (χ0) is 23.3. The van der Waals surface area contributed by atoms with Crippen LogP contribution >= 0.6 is 0 Å². The van der Waals surface area contributed by atoms with Gasteiger partial charge in [-0.25, -0.2) is 8.78 Å². The van der Waals surface area contributed by atoms with Gasteiger partial charge in [-0.15, -0.1) is 0 Å². The minimum Gasteiger partial charge on any atom is -0.492 e. The normalized spacial score (nSPS) is 15.2. The lowest BCUT2D eigenvalue weighted by molar-refractivity contribution is -0.0561. The highest BCUT2D eigenvalue weighted by Gasteiger charge is 2.39. The average molecular weight is 450 g/mol. The van der Waals surface area contributed by atoms with E-state index < -0.39 is 18.4 Å². The summed E-state index contributed by atoms with van der Waals surface area (Å²) < 4.78 is 50.2. The lowest BCUT2D eigenvalue weighted by Crippen LogP contribution is -2.45. The van der Waals surface area contributed by atoms with Gasteiger partial charge in [-0.1, -0.05) is 12.1 Å². The molecule has 2 aromatic carbocycles. The van der Waals surface area contributed by atoms with Gasteiger partial charge >= 0.3 is 0 Å². The van der Waals surface area contributed by atoms with Crippen molar-refractivity contribution in [3.05, 3.63) is 41.5 Å². The molecule has 32 heavy (non-hydrogen) atoms. The molecule has 1 saturated heterocycles. The number of alkyl halides is 2. The van der Waals surface area contributed by atoms with Crippen molar-refractivity contribution in [1.29, 1.82) is 0 Å². The van der Waals surface area contributed by atoms with Crippen LogP contribution in [-0.4, -0.2) is 57.7 Å². The summed E-state index contributed by atoms with van der Waals surface area (Å²) in [6, 6.07) is 8.75. The number of piperidine rings is 1. The summed E-state index contributed by atoms with van der Waals surface area (Å²) in [6.45, 7) is 0.109. The average Bonchev–Trinajstić information content (AvgIpc) is 2.78. The molecule has 174 valence electrons. The number of likely N-dealkylation sites (tertiary alicyclic amines) is 1. The van der Waals surface area contributed by atoms with Crippen molar-refractivity contribution in [1.82, 2.24) is 4.90 Å². The summed E-state index contributed by atoms with van der Waals surface area (Å²) in [7, 11) is 4.20. The molecule has 1 amide bonds. The number of benzene rings is 2. The van der Waals surface area contributed by atoms with Crippen LogP contribution in [0.1, 0.15) is 28.8 Å². The van der Waals surface area contributed by atoms with E-state index in [9.17, 15) is 13.6 Å². The van der Waals surface area contributed by atoms with Crippen LogP contribution in [0.5, 0.6) is 28.7 Å². The molecule has 1 aliphatic rings. The topological polar surface area (TPSA) is 83.3 Å². The van der Waals surface area contributed by atoms with Gasteiger partial charge in [0.05, 0.1) is 33.4 Å². The van der Waals surface area contributed by atoms with Crippen molar-refractivity contribution in [3.63, 3.8) is 0 Å². The van der Waals surface area contributed by atoms with Gasteiger partial charge in [-0.2, -0.15) is 0 Å². The number of nitrogens with zero attached hydrogens (tertiary/aromatic N) is 1. The number of halogens is 2. The highest BCUT2D eigenvalue weighted by atomic mass is 19.3. The predicted octanol–water partition coefficient (Wildman–Crippen LogP) is 3.88. The molecule has 1 heterocycles. The third-order valence-corrected chi connectivity index (χ3v) is 5.26. The van der Waals surface area contributed by atoms with E-state index in [1.165, 1.54) is 27.4 Å². The fraction of sp³-hybridized carbons (Fsp3) is 0.435. The highest BCUT2D eigenvalue weighted by molar-refractivity contribution is 5.99. The predicted molar refractivity (Wildman–Crippen MR) is 115 cm³/mol. The molecule has 1 fully saturated rings. The van der Waals surface area contributed by atoms with Crippen LogP contribution < -0.4 is 24.7 Å². The molecule has 2 aromatic rings. The second-order valence-corrected chi connectivity index (χ2v) is 7.49. The largest absolute Gasteiger partial charge is 0.492 e. The van der Waals surface area contributed by atoms with E-state index in [0.717, 1.165) is 16.9 Å². The van der Waals surface area contributed by atoms with Crippen molar-refractivity contribution in [2.45, 2.75) is 25.2 Å². The molecule has 0 unspecified atom stereocenters. The molecule has 3 rings (SSSR count). The van der Waals surface area contributed by atoms with Gasteiger partial charge in [0.25, 0.3) is 11.8 Å². The molecule has 0 spiro atoms. The number of rotatable bonds is 8. The van der Waals surface area contributed by atoms with Crippen LogP contribution in [0.25, 0.3) is 0 Å². The number of hydrogen-bond acceptors (Lipinski definition) is 6. The van der Waals surface area contributed by atoms with Gasteiger partial charge < -0.3 is 29.6 Å². The van der Waals surface area contributed by atoms with E-state index in [4.69, 9.17) is 24.7 Å². The monoisotopic (exact) mass is 450 g/mol. The fourth-order valence-electron chi connectivity index (χ4n) is 3.74. The summed E-state index contributed by atoms with van der Waals surface area (Å²) in [6.07, 6.45) is 0.709. The smallest absolute Gasteiger partial charge is 0.265 e. The van der Waals surface area contributed by atoms with E-state index in [1.807, 2.05) is 12.1 Å². The molecular weight excluding hydrogens is 422 g/mol. The number of carbonyl (C=O) groups is 1. The third-order valence-electron chi connectivity index (χ3n) is 5.26. The second kappa shape index (κ2) is 10.0. The fourth-order valence-corrected chi connectivity index (χ4v) is 3.74. The van der Waals surface area contributed by atoms with Gasteiger partial charge in [-0.05, 0) is 37.1 Å². The Labute approximate surface area is 186 Å². The number of methoxy groups -OCH3 is 3. The number of carbonyl (C=O) groups excluding carboxylic acids is 1. The van der Waals surface area contributed by atoms with Crippen LogP contribution in [0.4, 0.5) is 8.78 Å². The maximum absolute atomic E-state index is 13.9. The maximum Gasteiger partial charge on any atom is 0.265 e. The molecule has 0 aromatic heterocycles. The molecule has 0 bridgehead atoms. The van der Waals surface area contributed by atoms with Crippen LogP contribution in [0.2, 0.25) is 0 Å². The zero-order valence-corrected chi connectivity index (χ0v) is 18.5. The summed E-state index contributed by atoms with van der Waals surface area (Å²) >= 11 is 0. The lowest BCUT2D eigenvalue weighted by Gasteiger charge is -2.33. The van der Waals surface area contributed by atoms with Crippen molar-refractivity contribution in [2.24, 2.45) is 5.73 Å². The number of hydrogen-bond donors (Lipinski definition) is 1. The van der Waals surface area contributed by atoms with E-state index in [1.54, 1.807) is 12.1 Å². The molecule has 9 heteroatoms. The Morgan fingerprint density at radius 2 is 1.72 bits per heavy atom. The molecule has 0 atom stereocenters. The second-order valence-electron chi connectivity index (χ2n) is 7.49. The van der Waals surface area contributed by atoms with Gasteiger partial charge in [0, 0.05) is 19.0 Å². The van der Waals surface area contributed by atoms with Gasteiger partial charge in [0.2, 0.25) is 11.5 Å². The first-order valence-corrected chi connectivity index (χ1v) is 10.3. The number of ether oxygens (including phenoxy) is 4. The SMILES string of the molecule is COc1c(Oc2ccc(CCN)cc2)cc(C(=O)N2CCCC(F)(F)C2)c(OC)c1OC. The van der Waals surface area contributed by atoms with Gasteiger partial charge in [0.1, 0.15) is 5.75 Å². The summed E-state index contributed by atoms with van der Waals surface area (Å²) in [4.78, 5) is 14.3. The van der Waals surface area contributed by atoms with Crippen molar-refractivity contribution < 1.29 is 32.5 Å². The molecular formula is C23H28F2N2O5. The van der Waals surface area contributed by atoms with Crippen LogP contribution in [0.15, 0.2) is 30.3 Å². The first-order chi connectivity index (χ1) is 15.3. The maximum atomic E-state index is 13.9. The Hall–Kier alpha value is -3.07. The van der Waals surface area contributed by atoms with Gasteiger partial charge in [-0.3, -0.25) is 4.79 Å². The molecule has 7 nitrogen and oxygen atoms in total. The molecule has 0 saturated carbocycles. The number of nitrogens with two attached hydrogens (primary N) is 1. The zero-order valence-electron chi connectivity index (χ0n) is 18.5. The standard InChI is InChI=1S/C23H28F2N2O5/c1-29-19-17(22(28)27-12-4-10-23(24,25)14-27)13-18(20(30-2)21(19)31-3)32-16-7-5-15(6-8-16)9-11-26/h5-8,13H,4,9-12,14,26H2,1-3H3.